The van der Waals surface area contributed by atoms with Gasteiger partial charge >= 0.3 is 0 Å². The molecule has 2 aromatic heterocycles. The first-order valence-electron chi connectivity index (χ1n) is 8.97. The number of para-hydroxylation sites is 1. The Labute approximate surface area is 161 Å². The third-order valence-electron chi connectivity index (χ3n) is 4.58. The van der Waals surface area contributed by atoms with Crippen LogP contribution in [0.2, 0.25) is 0 Å². The molecule has 3 aromatic carbocycles. The summed E-state index contributed by atoms with van der Waals surface area (Å²) < 4.78 is 11.4. The summed E-state index contributed by atoms with van der Waals surface area (Å²) in [6.07, 6.45) is 0. The fourth-order valence-electron chi connectivity index (χ4n) is 3.23. The van der Waals surface area contributed by atoms with Crippen LogP contribution in [0.15, 0.2) is 83.3 Å². The molecule has 0 saturated carbocycles. The summed E-state index contributed by atoms with van der Waals surface area (Å²) in [6.45, 7) is 0. The summed E-state index contributed by atoms with van der Waals surface area (Å²) in [6, 6.07) is 25.5. The first-order valence-corrected chi connectivity index (χ1v) is 8.97. The Morgan fingerprint density at radius 3 is 2.54 bits per heavy atom. The molecular formula is C23H17N3O2. The van der Waals surface area contributed by atoms with Gasteiger partial charge < -0.3 is 14.5 Å². The van der Waals surface area contributed by atoms with Crippen LogP contribution < -0.4 is 10.1 Å². The Morgan fingerprint density at radius 1 is 0.857 bits per heavy atom. The van der Waals surface area contributed by atoms with Crippen LogP contribution in [-0.2, 0) is 0 Å². The molecule has 136 valence electrons. The van der Waals surface area contributed by atoms with Crippen LogP contribution in [0.1, 0.15) is 0 Å². The average Bonchev–Trinajstić information content (AvgIpc) is 3.14. The van der Waals surface area contributed by atoms with Crippen molar-refractivity contribution in [3.8, 4) is 17.1 Å². The van der Waals surface area contributed by atoms with Gasteiger partial charge in [0.1, 0.15) is 16.8 Å². The highest BCUT2D eigenvalue weighted by molar-refractivity contribution is 6.06. The van der Waals surface area contributed by atoms with Crippen LogP contribution >= 0.6 is 0 Å². The molecule has 0 aliphatic heterocycles. The zero-order valence-electron chi connectivity index (χ0n) is 15.2. The Hall–Kier alpha value is -3.86. The number of nitrogens with zero attached hydrogens (tertiary/aromatic N) is 2. The van der Waals surface area contributed by atoms with Crippen molar-refractivity contribution in [3.05, 3.63) is 78.9 Å². The molecule has 0 aliphatic rings. The lowest BCUT2D eigenvalue weighted by atomic mass is 10.2. The summed E-state index contributed by atoms with van der Waals surface area (Å²) in [5, 5.41) is 4.33. The van der Waals surface area contributed by atoms with Gasteiger partial charge in [-0.05, 0) is 24.3 Å². The number of furan rings is 1. The molecule has 0 fully saturated rings. The summed E-state index contributed by atoms with van der Waals surface area (Å²) in [7, 11) is 1.65. The number of fused-ring (bicyclic) bond motifs is 3. The van der Waals surface area contributed by atoms with Gasteiger partial charge in [0, 0.05) is 22.7 Å². The maximum atomic E-state index is 6.08. The largest absolute Gasteiger partial charge is 0.497 e. The quantitative estimate of drug-likeness (QED) is 0.435. The molecule has 1 N–H and O–H groups in total. The monoisotopic (exact) mass is 367 g/mol. The van der Waals surface area contributed by atoms with Crippen molar-refractivity contribution in [1.82, 2.24) is 9.97 Å². The van der Waals surface area contributed by atoms with Crippen molar-refractivity contribution in [3.63, 3.8) is 0 Å². The van der Waals surface area contributed by atoms with Crippen molar-refractivity contribution in [2.75, 3.05) is 12.4 Å². The van der Waals surface area contributed by atoms with E-state index in [9.17, 15) is 0 Å². The highest BCUT2D eigenvalue weighted by atomic mass is 16.5. The number of methoxy groups -OCH3 is 1. The van der Waals surface area contributed by atoms with Crippen LogP contribution in [0.5, 0.6) is 5.75 Å². The summed E-state index contributed by atoms with van der Waals surface area (Å²) in [5.74, 6) is 2.03. The third kappa shape index (κ3) is 2.83. The molecule has 0 radical (unpaired) electrons. The summed E-state index contributed by atoms with van der Waals surface area (Å²) in [5.41, 5.74) is 4.01. The molecule has 5 heteroatoms. The van der Waals surface area contributed by atoms with Gasteiger partial charge in [-0.3, -0.25) is 0 Å². The molecule has 5 aromatic rings. The standard InChI is InChI=1S/C23H17N3O2/c1-27-17-11-7-10-16(14-17)24-23-21-20(18-12-5-6-13-19(18)28-21)25-22(26-23)15-8-3-2-4-9-15/h2-14H,1H3,(H,24,25,26). The first kappa shape index (κ1) is 16.3. The number of aromatic nitrogens is 2. The normalized spacial score (nSPS) is 11.0. The fraction of sp³-hybridized carbons (Fsp3) is 0.0435. The van der Waals surface area contributed by atoms with Crippen molar-refractivity contribution in [2.24, 2.45) is 0 Å². The van der Waals surface area contributed by atoms with E-state index in [1.54, 1.807) is 7.11 Å². The van der Waals surface area contributed by atoms with Gasteiger partial charge in [0.2, 0.25) is 0 Å². The zero-order chi connectivity index (χ0) is 18.9. The van der Waals surface area contributed by atoms with E-state index in [2.05, 4.69) is 5.32 Å². The second-order valence-electron chi connectivity index (χ2n) is 6.39. The fourth-order valence-corrected chi connectivity index (χ4v) is 3.23. The Bertz CT molecular complexity index is 1280. The highest BCUT2D eigenvalue weighted by Crippen LogP contribution is 2.34. The number of rotatable bonds is 4. The Balaban J connectivity index is 1.73. The molecule has 0 spiro atoms. The molecule has 0 atom stereocenters. The number of ether oxygens (including phenoxy) is 1. The molecule has 0 amide bonds. The molecule has 5 nitrogen and oxygen atoms in total. The number of hydrogen-bond donors (Lipinski definition) is 1. The van der Waals surface area contributed by atoms with Gasteiger partial charge in [0.05, 0.1) is 7.11 Å². The van der Waals surface area contributed by atoms with Crippen molar-refractivity contribution < 1.29 is 9.15 Å². The predicted octanol–water partition coefficient (Wildman–Crippen LogP) is 5.80. The van der Waals surface area contributed by atoms with Gasteiger partial charge in [-0.1, -0.05) is 48.5 Å². The summed E-state index contributed by atoms with van der Waals surface area (Å²) in [4.78, 5) is 9.56. The number of benzene rings is 3. The van der Waals surface area contributed by atoms with E-state index < -0.39 is 0 Å². The van der Waals surface area contributed by atoms with Crippen LogP contribution in [-0.4, -0.2) is 17.1 Å². The first-order chi connectivity index (χ1) is 13.8. The lowest BCUT2D eigenvalue weighted by Gasteiger charge is -2.09. The van der Waals surface area contributed by atoms with Gasteiger partial charge in [-0.15, -0.1) is 0 Å². The summed E-state index contributed by atoms with van der Waals surface area (Å²) >= 11 is 0. The molecule has 0 aliphatic carbocycles. The van der Waals surface area contributed by atoms with Crippen LogP contribution in [0.3, 0.4) is 0 Å². The molecule has 0 bridgehead atoms. The van der Waals surface area contributed by atoms with Crippen LogP contribution in [0.4, 0.5) is 11.5 Å². The minimum absolute atomic E-state index is 0.619. The topological polar surface area (TPSA) is 60.2 Å². The number of anilines is 2. The van der Waals surface area contributed by atoms with E-state index in [4.69, 9.17) is 19.1 Å². The lowest BCUT2D eigenvalue weighted by molar-refractivity contribution is 0.415. The zero-order valence-corrected chi connectivity index (χ0v) is 15.2. The van der Waals surface area contributed by atoms with Crippen LogP contribution in [0, 0.1) is 0 Å². The van der Waals surface area contributed by atoms with E-state index >= 15 is 0 Å². The van der Waals surface area contributed by atoms with Gasteiger partial charge in [-0.2, -0.15) is 0 Å². The van der Waals surface area contributed by atoms with Crippen LogP contribution in [0.25, 0.3) is 33.5 Å². The Morgan fingerprint density at radius 2 is 1.68 bits per heavy atom. The maximum Gasteiger partial charge on any atom is 0.196 e. The molecule has 2 heterocycles. The number of hydrogen-bond acceptors (Lipinski definition) is 5. The SMILES string of the molecule is COc1cccc(Nc2nc(-c3ccccc3)nc3c2oc2ccccc23)c1. The van der Waals surface area contributed by atoms with E-state index in [0.29, 0.717) is 17.2 Å². The van der Waals surface area contributed by atoms with E-state index in [1.807, 2.05) is 78.9 Å². The van der Waals surface area contributed by atoms with Crippen molar-refractivity contribution in [1.29, 1.82) is 0 Å². The van der Waals surface area contributed by atoms with Crippen molar-refractivity contribution >= 4 is 33.6 Å². The smallest absolute Gasteiger partial charge is 0.196 e. The predicted molar refractivity (Wildman–Crippen MR) is 111 cm³/mol. The molecule has 0 unspecified atom stereocenters. The lowest BCUT2D eigenvalue weighted by Crippen LogP contribution is -1.98. The van der Waals surface area contributed by atoms with Gasteiger partial charge in [0.15, 0.2) is 17.2 Å². The molecule has 0 saturated heterocycles. The molecule has 28 heavy (non-hydrogen) atoms. The molecule has 5 rings (SSSR count). The average molecular weight is 367 g/mol. The number of nitrogens with one attached hydrogen (secondary N) is 1. The maximum absolute atomic E-state index is 6.08. The van der Waals surface area contributed by atoms with Gasteiger partial charge in [-0.25, -0.2) is 9.97 Å². The minimum Gasteiger partial charge on any atom is -0.497 e. The van der Waals surface area contributed by atoms with Crippen molar-refractivity contribution in [2.45, 2.75) is 0 Å². The van der Waals surface area contributed by atoms with E-state index in [-0.39, 0.29) is 0 Å². The van der Waals surface area contributed by atoms with Gasteiger partial charge in [0.25, 0.3) is 0 Å². The minimum atomic E-state index is 0.619. The Kier molecular flexibility index (Phi) is 3.91. The molecular weight excluding hydrogens is 350 g/mol. The second-order valence-corrected chi connectivity index (χ2v) is 6.39. The van der Waals surface area contributed by atoms with E-state index in [1.165, 1.54) is 0 Å². The second kappa shape index (κ2) is 6.70. The third-order valence-corrected chi connectivity index (χ3v) is 4.58. The van der Waals surface area contributed by atoms with E-state index in [0.717, 1.165) is 33.5 Å². The highest BCUT2D eigenvalue weighted by Gasteiger charge is 2.16.